The summed E-state index contributed by atoms with van der Waals surface area (Å²) in [6.07, 6.45) is 0.420. The molecule has 104 valence electrons. The van der Waals surface area contributed by atoms with Crippen LogP contribution in [0.5, 0.6) is 5.75 Å². The van der Waals surface area contributed by atoms with Crippen molar-refractivity contribution in [1.82, 2.24) is 4.90 Å². The van der Waals surface area contributed by atoms with Crippen molar-refractivity contribution in [2.24, 2.45) is 0 Å². The molecule has 0 heterocycles. The van der Waals surface area contributed by atoms with E-state index >= 15 is 0 Å². The van der Waals surface area contributed by atoms with E-state index in [2.05, 4.69) is 0 Å². The largest absolute Gasteiger partial charge is 0.496 e. The SMILES string of the molecule is COc1ccc(N)cc1C(=O)N(CCC#N)CCC#N. The Morgan fingerprint density at radius 2 is 1.90 bits per heavy atom. The smallest absolute Gasteiger partial charge is 0.257 e. The van der Waals surface area contributed by atoms with Gasteiger partial charge in [-0.2, -0.15) is 10.5 Å². The van der Waals surface area contributed by atoms with Gasteiger partial charge in [0.05, 0.1) is 37.7 Å². The zero-order valence-corrected chi connectivity index (χ0v) is 11.3. The minimum atomic E-state index is -0.292. The maximum atomic E-state index is 12.5. The molecule has 0 bridgehead atoms. The Kier molecular flexibility index (Phi) is 5.86. The highest BCUT2D eigenvalue weighted by atomic mass is 16.5. The summed E-state index contributed by atoms with van der Waals surface area (Å²) < 4.78 is 5.15. The van der Waals surface area contributed by atoms with E-state index in [0.29, 0.717) is 17.0 Å². The van der Waals surface area contributed by atoms with Gasteiger partial charge in [-0.1, -0.05) is 0 Å². The summed E-state index contributed by atoms with van der Waals surface area (Å²) in [4.78, 5) is 13.9. The summed E-state index contributed by atoms with van der Waals surface area (Å²) in [5.74, 6) is 0.128. The number of nitrogen functional groups attached to an aromatic ring is 1. The molecule has 2 N–H and O–H groups in total. The molecule has 20 heavy (non-hydrogen) atoms. The third kappa shape index (κ3) is 3.89. The molecule has 0 radical (unpaired) electrons. The third-order valence-electron chi connectivity index (χ3n) is 2.73. The molecule has 0 saturated heterocycles. The summed E-state index contributed by atoms with van der Waals surface area (Å²) in [6.45, 7) is 0.546. The fourth-order valence-electron chi connectivity index (χ4n) is 1.75. The van der Waals surface area contributed by atoms with Gasteiger partial charge in [-0.15, -0.1) is 0 Å². The van der Waals surface area contributed by atoms with Crippen LogP contribution in [0, 0.1) is 22.7 Å². The molecule has 0 fully saturated rings. The second kappa shape index (κ2) is 7.65. The predicted molar refractivity (Wildman–Crippen MR) is 73.8 cm³/mol. The van der Waals surface area contributed by atoms with E-state index in [-0.39, 0.29) is 31.8 Å². The number of methoxy groups -OCH3 is 1. The van der Waals surface area contributed by atoms with E-state index < -0.39 is 0 Å². The number of hydrogen-bond donors (Lipinski definition) is 1. The number of carbonyl (C=O) groups is 1. The standard InChI is InChI=1S/C14H16N4O2/c1-20-13-5-4-11(17)10-12(13)14(19)18(8-2-6-15)9-3-7-16/h4-5,10H,2-3,8-9,17H2,1H3. The molecule has 0 atom stereocenters. The molecule has 6 nitrogen and oxygen atoms in total. The number of amides is 1. The van der Waals surface area contributed by atoms with Crippen molar-refractivity contribution in [2.75, 3.05) is 25.9 Å². The van der Waals surface area contributed by atoms with Crippen molar-refractivity contribution in [1.29, 1.82) is 10.5 Å². The van der Waals surface area contributed by atoms with E-state index in [1.54, 1.807) is 12.1 Å². The number of carbonyl (C=O) groups excluding carboxylic acids is 1. The number of benzene rings is 1. The fraction of sp³-hybridized carbons (Fsp3) is 0.357. The Labute approximate surface area is 118 Å². The molecule has 0 saturated carbocycles. The van der Waals surface area contributed by atoms with Gasteiger partial charge < -0.3 is 15.4 Å². The van der Waals surface area contributed by atoms with E-state index in [0.717, 1.165) is 0 Å². The van der Waals surface area contributed by atoms with E-state index in [4.69, 9.17) is 21.0 Å². The number of nitrogens with zero attached hydrogens (tertiary/aromatic N) is 3. The van der Waals surface area contributed by atoms with Crippen molar-refractivity contribution < 1.29 is 9.53 Å². The monoisotopic (exact) mass is 272 g/mol. The predicted octanol–water partition coefficient (Wildman–Crippen LogP) is 1.55. The molecule has 0 unspecified atom stereocenters. The van der Waals surface area contributed by atoms with Crippen LogP contribution in [0.3, 0.4) is 0 Å². The maximum Gasteiger partial charge on any atom is 0.257 e. The zero-order chi connectivity index (χ0) is 15.0. The first-order valence-electron chi connectivity index (χ1n) is 6.10. The summed E-state index contributed by atoms with van der Waals surface area (Å²) in [7, 11) is 1.47. The lowest BCUT2D eigenvalue weighted by Crippen LogP contribution is -2.33. The summed E-state index contributed by atoms with van der Waals surface area (Å²) in [6, 6.07) is 8.77. The van der Waals surface area contributed by atoms with Crippen molar-refractivity contribution in [3.63, 3.8) is 0 Å². The van der Waals surface area contributed by atoms with Gasteiger partial charge in [-0.05, 0) is 18.2 Å². The molecule has 1 rings (SSSR count). The van der Waals surface area contributed by atoms with E-state index in [1.165, 1.54) is 18.1 Å². The van der Waals surface area contributed by atoms with Crippen LogP contribution >= 0.6 is 0 Å². The number of ether oxygens (including phenoxy) is 1. The highest BCUT2D eigenvalue weighted by Crippen LogP contribution is 2.23. The lowest BCUT2D eigenvalue weighted by Gasteiger charge is -2.21. The van der Waals surface area contributed by atoms with Crippen LogP contribution in [0.25, 0.3) is 0 Å². The number of anilines is 1. The van der Waals surface area contributed by atoms with E-state index in [1.807, 2.05) is 12.1 Å². The average molecular weight is 272 g/mol. The summed E-state index contributed by atoms with van der Waals surface area (Å²) in [5, 5.41) is 17.3. The van der Waals surface area contributed by atoms with Gasteiger partial charge in [-0.25, -0.2) is 0 Å². The molecular weight excluding hydrogens is 256 g/mol. The summed E-state index contributed by atoms with van der Waals surface area (Å²) in [5.41, 5.74) is 6.48. The van der Waals surface area contributed by atoms with Crippen LogP contribution in [0.1, 0.15) is 23.2 Å². The molecule has 1 aromatic rings. The highest BCUT2D eigenvalue weighted by molar-refractivity contribution is 5.97. The van der Waals surface area contributed by atoms with Crippen molar-refractivity contribution in [3.8, 4) is 17.9 Å². The van der Waals surface area contributed by atoms with Gasteiger partial charge in [0.2, 0.25) is 0 Å². The van der Waals surface area contributed by atoms with Gasteiger partial charge in [0.15, 0.2) is 0 Å². The van der Waals surface area contributed by atoms with Gasteiger partial charge >= 0.3 is 0 Å². The van der Waals surface area contributed by atoms with Crippen molar-refractivity contribution in [3.05, 3.63) is 23.8 Å². The third-order valence-corrected chi connectivity index (χ3v) is 2.73. The molecule has 0 spiro atoms. The lowest BCUT2D eigenvalue weighted by atomic mass is 10.1. The van der Waals surface area contributed by atoms with Crippen LogP contribution < -0.4 is 10.5 Å². The van der Waals surface area contributed by atoms with Crippen LogP contribution in [0.15, 0.2) is 18.2 Å². The summed E-state index contributed by atoms with van der Waals surface area (Å²) >= 11 is 0. The van der Waals surface area contributed by atoms with Crippen molar-refractivity contribution in [2.45, 2.75) is 12.8 Å². The molecule has 0 aliphatic rings. The molecular formula is C14H16N4O2. The van der Waals surface area contributed by atoms with Crippen LogP contribution in [0.2, 0.25) is 0 Å². The molecule has 0 aliphatic carbocycles. The second-order valence-electron chi connectivity index (χ2n) is 4.07. The number of nitriles is 2. The second-order valence-corrected chi connectivity index (χ2v) is 4.07. The Bertz CT molecular complexity index is 539. The minimum Gasteiger partial charge on any atom is -0.496 e. The first-order valence-corrected chi connectivity index (χ1v) is 6.10. The minimum absolute atomic E-state index is 0.210. The Hall–Kier alpha value is -2.73. The first kappa shape index (κ1) is 15.3. The fourth-order valence-corrected chi connectivity index (χ4v) is 1.75. The molecule has 0 aromatic heterocycles. The maximum absolute atomic E-state index is 12.5. The molecule has 0 aliphatic heterocycles. The van der Waals surface area contributed by atoms with Gasteiger partial charge in [-0.3, -0.25) is 4.79 Å². The van der Waals surface area contributed by atoms with E-state index in [9.17, 15) is 4.79 Å². The number of rotatable bonds is 6. The average Bonchev–Trinajstić information content (AvgIpc) is 2.46. The quantitative estimate of drug-likeness (QED) is 0.791. The Morgan fingerprint density at radius 3 is 2.40 bits per heavy atom. The van der Waals surface area contributed by atoms with Crippen LogP contribution in [-0.4, -0.2) is 31.0 Å². The van der Waals surface area contributed by atoms with Gasteiger partial charge in [0, 0.05) is 18.8 Å². The normalized spacial score (nSPS) is 9.35. The Balaban J connectivity index is 3.01. The van der Waals surface area contributed by atoms with Crippen molar-refractivity contribution >= 4 is 11.6 Å². The zero-order valence-electron chi connectivity index (χ0n) is 11.3. The Morgan fingerprint density at radius 1 is 1.30 bits per heavy atom. The molecule has 1 amide bonds. The molecule has 1 aromatic carbocycles. The topological polar surface area (TPSA) is 103 Å². The number of hydrogen-bond acceptors (Lipinski definition) is 5. The number of nitrogens with two attached hydrogens (primary N) is 1. The van der Waals surface area contributed by atoms with Crippen LogP contribution in [0.4, 0.5) is 5.69 Å². The molecule has 6 heteroatoms. The highest BCUT2D eigenvalue weighted by Gasteiger charge is 2.19. The first-order chi connectivity index (χ1) is 9.63. The lowest BCUT2D eigenvalue weighted by molar-refractivity contribution is 0.0759. The van der Waals surface area contributed by atoms with Gasteiger partial charge in [0.25, 0.3) is 5.91 Å². The van der Waals surface area contributed by atoms with Gasteiger partial charge in [0.1, 0.15) is 5.75 Å². The van der Waals surface area contributed by atoms with Crippen LogP contribution in [-0.2, 0) is 0 Å².